The van der Waals surface area contributed by atoms with Gasteiger partial charge >= 0.3 is 0 Å². The zero-order chi connectivity index (χ0) is 20.8. The lowest BCUT2D eigenvalue weighted by atomic mass is 10.1. The number of nitrogens with zero attached hydrogens (tertiary/aromatic N) is 3. The molecule has 1 aliphatic heterocycles. The topological polar surface area (TPSA) is 56.6 Å². The van der Waals surface area contributed by atoms with Crippen molar-refractivity contribution >= 4 is 11.6 Å². The van der Waals surface area contributed by atoms with Crippen LogP contribution in [0.4, 0.5) is 5.69 Å². The van der Waals surface area contributed by atoms with E-state index in [4.69, 9.17) is 10.00 Å². The van der Waals surface area contributed by atoms with Gasteiger partial charge in [-0.3, -0.25) is 4.79 Å². The summed E-state index contributed by atoms with van der Waals surface area (Å²) in [5.74, 6) is 1.27. The highest BCUT2D eigenvalue weighted by atomic mass is 16.5. The van der Waals surface area contributed by atoms with Crippen molar-refractivity contribution < 1.29 is 9.53 Å². The average molecular weight is 397 g/mol. The number of hydrogen-bond acceptors (Lipinski definition) is 4. The number of hydrogen-bond donors (Lipinski definition) is 0. The van der Waals surface area contributed by atoms with Crippen molar-refractivity contribution in [2.45, 2.75) is 6.42 Å². The van der Waals surface area contributed by atoms with Crippen molar-refractivity contribution in [3.63, 3.8) is 0 Å². The summed E-state index contributed by atoms with van der Waals surface area (Å²) in [6.07, 6.45) is 0.882. The standard InChI is InChI=1S/C25H23N3O2/c26-19-20-11-13-21(14-12-20)27-15-6-16-28(18-17-27)25(29)23-9-4-5-10-24(23)30-22-7-2-1-3-8-22/h1-5,7-14H,6,15-18H2. The molecule has 30 heavy (non-hydrogen) atoms. The maximum atomic E-state index is 13.3. The molecule has 0 aliphatic carbocycles. The van der Waals surface area contributed by atoms with Crippen molar-refractivity contribution in [2.24, 2.45) is 0 Å². The number of benzene rings is 3. The van der Waals surface area contributed by atoms with E-state index in [0.717, 1.165) is 25.2 Å². The number of carbonyl (C=O) groups excluding carboxylic acids is 1. The number of amides is 1. The predicted molar refractivity (Wildman–Crippen MR) is 117 cm³/mol. The van der Waals surface area contributed by atoms with Crippen LogP contribution in [0.5, 0.6) is 11.5 Å². The molecule has 0 unspecified atom stereocenters. The van der Waals surface area contributed by atoms with Crippen LogP contribution in [-0.2, 0) is 0 Å². The summed E-state index contributed by atoms with van der Waals surface area (Å²) >= 11 is 0. The minimum atomic E-state index is -0.0109. The number of ether oxygens (including phenoxy) is 1. The minimum Gasteiger partial charge on any atom is -0.457 e. The Bertz CT molecular complexity index is 1040. The SMILES string of the molecule is N#Cc1ccc(N2CCCN(C(=O)c3ccccc3Oc3ccccc3)CC2)cc1. The highest BCUT2D eigenvalue weighted by Crippen LogP contribution is 2.27. The van der Waals surface area contributed by atoms with E-state index in [1.54, 1.807) is 0 Å². The van der Waals surface area contributed by atoms with E-state index >= 15 is 0 Å². The molecule has 0 radical (unpaired) electrons. The van der Waals surface area contributed by atoms with Crippen LogP contribution in [0.1, 0.15) is 22.3 Å². The van der Waals surface area contributed by atoms with Gasteiger partial charge in [0, 0.05) is 31.9 Å². The van der Waals surface area contributed by atoms with E-state index in [1.807, 2.05) is 83.8 Å². The predicted octanol–water partition coefficient (Wildman–Crippen LogP) is 4.70. The molecule has 1 heterocycles. The highest BCUT2D eigenvalue weighted by Gasteiger charge is 2.23. The Hall–Kier alpha value is -3.78. The quantitative estimate of drug-likeness (QED) is 0.640. The molecule has 1 aliphatic rings. The molecule has 0 spiro atoms. The largest absolute Gasteiger partial charge is 0.457 e. The van der Waals surface area contributed by atoms with Gasteiger partial charge in [0.2, 0.25) is 0 Å². The molecule has 1 amide bonds. The van der Waals surface area contributed by atoms with Gasteiger partial charge in [-0.2, -0.15) is 5.26 Å². The summed E-state index contributed by atoms with van der Waals surface area (Å²) in [7, 11) is 0. The number of para-hydroxylation sites is 2. The summed E-state index contributed by atoms with van der Waals surface area (Å²) in [4.78, 5) is 17.4. The first-order chi connectivity index (χ1) is 14.7. The van der Waals surface area contributed by atoms with Crippen LogP contribution in [0.3, 0.4) is 0 Å². The first kappa shape index (κ1) is 19.5. The Labute approximate surface area is 176 Å². The molecule has 0 atom stereocenters. The van der Waals surface area contributed by atoms with E-state index in [0.29, 0.717) is 35.7 Å². The van der Waals surface area contributed by atoms with Crippen molar-refractivity contribution in [2.75, 3.05) is 31.1 Å². The molecular weight excluding hydrogens is 374 g/mol. The summed E-state index contributed by atoms with van der Waals surface area (Å²) < 4.78 is 5.98. The number of nitriles is 1. The Kier molecular flexibility index (Phi) is 5.95. The van der Waals surface area contributed by atoms with Gasteiger partial charge < -0.3 is 14.5 Å². The summed E-state index contributed by atoms with van der Waals surface area (Å²) in [5.41, 5.74) is 2.31. The second-order valence-electron chi connectivity index (χ2n) is 7.20. The van der Waals surface area contributed by atoms with Gasteiger partial charge in [-0.1, -0.05) is 30.3 Å². The second-order valence-corrected chi connectivity index (χ2v) is 7.20. The van der Waals surface area contributed by atoms with E-state index in [1.165, 1.54) is 0 Å². The van der Waals surface area contributed by atoms with E-state index in [9.17, 15) is 4.79 Å². The Morgan fingerprint density at radius 2 is 1.57 bits per heavy atom. The van der Waals surface area contributed by atoms with E-state index in [2.05, 4.69) is 11.0 Å². The van der Waals surface area contributed by atoms with Gasteiger partial charge in [-0.05, 0) is 55.0 Å². The van der Waals surface area contributed by atoms with Crippen LogP contribution in [0.25, 0.3) is 0 Å². The average Bonchev–Trinajstić information content (AvgIpc) is 3.06. The molecule has 5 heteroatoms. The normalized spacial score (nSPS) is 14.0. The zero-order valence-corrected chi connectivity index (χ0v) is 16.7. The first-order valence-electron chi connectivity index (χ1n) is 10.1. The zero-order valence-electron chi connectivity index (χ0n) is 16.7. The van der Waals surface area contributed by atoms with E-state index in [-0.39, 0.29) is 5.91 Å². The van der Waals surface area contributed by atoms with E-state index < -0.39 is 0 Å². The third kappa shape index (κ3) is 4.44. The number of carbonyl (C=O) groups is 1. The summed E-state index contributed by atoms with van der Waals surface area (Å²) in [6, 6.07) is 26.7. The smallest absolute Gasteiger partial charge is 0.257 e. The fourth-order valence-corrected chi connectivity index (χ4v) is 3.64. The van der Waals surface area contributed by atoms with Crippen LogP contribution < -0.4 is 9.64 Å². The molecule has 5 nitrogen and oxygen atoms in total. The molecule has 4 rings (SSSR count). The van der Waals surface area contributed by atoms with Crippen molar-refractivity contribution in [1.82, 2.24) is 4.90 Å². The van der Waals surface area contributed by atoms with Gasteiger partial charge in [-0.15, -0.1) is 0 Å². The van der Waals surface area contributed by atoms with Crippen molar-refractivity contribution in [3.05, 3.63) is 90.0 Å². The van der Waals surface area contributed by atoms with Crippen LogP contribution in [0.2, 0.25) is 0 Å². The molecule has 3 aromatic carbocycles. The first-order valence-corrected chi connectivity index (χ1v) is 10.1. The summed E-state index contributed by atoms with van der Waals surface area (Å²) in [6.45, 7) is 2.96. The monoisotopic (exact) mass is 397 g/mol. The van der Waals surface area contributed by atoms with Crippen LogP contribution in [0, 0.1) is 11.3 Å². The lowest BCUT2D eigenvalue weighted by Gasteiger charge is -2.24. The molecule has 1 fully saturated rings. The number of anilines is 1. The molecule has 0 bridgehead atoms. The lowest BCUT2D eigenvalue weighted by molar-refractivity contribution is 0.0764. The lowest BCUT2D eigenvalue weighted by Crippen LogP contribution is -2.35. The number of rotatable bonds is 4. The van der Waals surface area contributed by atoms with Gasteiger partial charge in [-0.25, -0.2) is 0 Å². The Balaban J connectivity index is 1.47. The van der Waals surface area contributed by atoms with Gasteiger partial charge in [0.1, 0.15) is 11.5 Å². The van der Waals surface area contributed by atoms with Crippen LogP contribution in [0.15, 0.2) is 78.9 Å². The van der Waals surface area contributed by atoms with Crippen LogP contribution in [-0.4, -0.2) is 37.0 Å². The highest BCUT2D eigenvalue weighted by molar-refractivity contribution is 5.97. The molecule has 150 valence electrons. The third-order valence-electron chi connectivity index (χ3n) is 5.23. The third-order valence-corrected chi connectivity index (χ3v) is 5.23. The molecule has 0 saturated carbocycles. The minimum absolute atomic E-state index is 0.0109. The molecule has 0 aromatic heterocycles. The second kappa shape index (κ2) is 9.15. The maximum absolute atomic E-state index is 13.3. The maximum Gasteiger partial charge on any atom is 0.257 e. The van der Waals surface area contributed by atoms with Crippen molar-refractivity contribution in [1.29, 1.82) is 5.26 Å². The van der Waals surface area contributed by atoms with Gasteiger partial charge in [0.05, 0.1) is 17.2 Å². The van der Waals surface area contributed by atoms with Crippen molar-refractivity contribution in [3.8, 4) is 17.6 Å². The van der Waals surface area contributed by atoms with Gasteiger partial charge in [0.25, 0.3) is 5.91 Å². The summed E-state index contributed by atoms with van der Waals surface area (Å²) in [5, 5.41) is 8.99. The fraction of sp³-hybridized carbons (Fsp3) is 0.200. The molecule has 1 saturated heterocycles. The molecule has 0 N–H and O–H groups in total. The molecule has 3 aromatic rings. The molecular formula is C25H23N3O2. The Morgan fingerprint density at radius 3 is 2.33 bits per heavy atom. The van der Waals surface area contributed by atoms with Crippen LogP contribution >= 0.6 is 0 Å². The Morgan fingerprint density at radius 1 is 0.833 bits per heavy atom. The fourth-order valence-electron chi connectivity index (χ4n) is 3.64. The van der Waals surface area contributed by atoms with Gasteiger partial charge in [0.15, 0.2) is 0 Å².